The largest absolute Gasteiger partial charge is 0.370 e. The first-order chi connectivity index (χ1) is 8.40. The number of anilines is 1. The molecule has 0 radical (unpaired) electrons. The van der Waals surface area contributed by atoms with Gasteiger partial charge in [0.15, 0.2) is 11.5 Å². The Bertz CT molecular complexity index is 641. The van der Waals surface area contributed by atoms with Gasteiger partial charge in [-0.15, -0.1) is 5.54 Å². The van der Waals surface area contributed by atoms with Crippen LogP contribution in [-0.2, 0) is 0 Å². The molecule has 2 aromatic heterocycles. The number of aryl methyl sites for hydroxylation is 1. The lowest BCUT2D eigenvalue weighted by molar-refractivity contribution is 1.06. The zero-order valence-electron chi connectivity index (χ0n) is 11.5. The second-order valence-corrected chi connectivity index (χ2v) is 10.1. The first-order valence-corrected chi connectivity index (χ1v) is 9.46. The summed E-state index contributed by atoms with van der Waals surface area (Å²) in [6.45, 7) is 8.69. The summed E-state index contributed by atoms with van der Waals surface area (Å²) >= 11 is 0. The van der Waals surface area contributed by atoms with E-state index in [-0.39, 0.29) is 0 Å². The van der Waals surface area contributed by atoms with Crippen molar-refractivity contribution < 1.29 is 0 Å². The minimum Gasteiger partial charge on any atom is -0.370 e. The van der Waals surface area contributed by atoms with E-state index in [9.17, 15) is 0 Å². The molecular formula is C13H18N4Si. The molecule has 18 heavy (non-hydrogen) atoms. The SMILES string of the molecule is CNc1nc(C#C[Si](C)(C)C)cn2c(C)cnc12. The maximum absolute atomic E-state index is 4.49. The van der Waals surface area contributed by atoms with Crippen molar-refractivity contribution in [2.24, 2.45) is 0 Å². The maximum Gasteiger partial charge on any atom is 0.180 e. The van der Waals surface area contributed by atoms with Gasteiger partial charge < -0.3 is 5.32 Å². The number of hydrogen-bond acceptors (Lipinski definition) is 3. The van der Waals surface area contributed by atoms with E-state index < -0.39 is 8.07 Å². The summed E-state index contributed by atoms with van der Waals surface area (Å²) in [7, 11) is 0.470. The van der Waals surface area contributed by atoms with Gasteiger partial charge in [-0.3, -0.25) is 4.40 Å². The van der Waals surface area contributed by atoms with Gasteiger partial charge in [0.1, 0.15) is 13.8 Å². The summed E-state index contributed by atoms with van der Waals surface area (Å²) in [4.78, 5) is 8.83. The van der Waals surface area contributed by atoms with Crippen LogP contribution in [0.3, 0.4) is 0 Å². The van der Waals surface area contributed by atoms with Crippen LogP contribution in [0.25, 0.3) is 5.65 Å². The Balaban J connectivity index is 2.58. The molecule has 94 valence electrons. The smallest absolute Gasteiger partial charge is 0.180 e. The summed E-state index contributed by atoms with van der Waals surface area (Å²) in [6.07, 6.45) is 3.79. The molecule has 2 rings (SSSR count). The Morgan fingerprint density at radius 2 is 2.06 bits per heavy atom. The van der Waals surface area contributed by atoms with Gasteiger partial charge in [-0.25, -0.2) is 9.97 Å². The van der Waals surface area contributed by atoms with Crippen LogP contribution in [0, 0.1) is 18.4 Å². The van der Waals surface area contributed by atoms with Gasteiger partial charge in [0.2, 0.25) is 0 Å². The lowest BCUT2D eigenvalue weighted by atomic mass is 10.4. The van der Waals surface area contributed by atoms with E-state index in [0.717, 1.165) is 22.9 Å². The molecule has 0 saturated carbocycles. The Hall–Kier alpha value is -1.80. The molecule has 2 aromatic rings. The van der Waals surface area contributed by atoms with Gasteiger partial charge in [0.25, 0.3) is 0 Å². The number of aromatic nitrogens is 3. The molecule has 2 heterocycles. The fourth-order valence-corrected chi connectivity index (χ4v) is 2.09. The van der Waals surface area contributed by atoms with Crippen LogP contribution < -0.4 is 5.32 Å². The van der Waals surface area contributed by atoms with Crippen LogP contribution in [0.5, 0.6) is 0 Å². The summed E-state index contributed by atoms with van der Waals surface area (Å²) in [5, 5.41) is 3.07. The molecular weight excluding hydrogens is 240 g/mol. The quantitative estimate of drug-likeness (QED) is 0.630. The van der Waals surface area contributed by atoms with Gasteiger partial charge in [-0.05, 0) is 6.92 Å². The molecule has 0 aliphatic rings. The molecule has 4 nitrogen and oxygen atoms in total. The van der Waals surface area contributed by atoms with Crippen LogP contribution in [-0.4, -0.2) is 29.5 Å². The molecule has 0 amide bonds. The zero-order chi connectivity index (χ0) is 13.3. The number of rotatable bonds is 1. The molecule has 1 N–H and O–H groups in total. The summed E-state index contributed by atoms with van der Waals surface area (Å²) < 4.78 is 2.02. The third-order valence-corrected chi connectivity index (χ3v) is 3.35. The van der Waals surface area contributed by atoms with E-state index in [0.29, 0.717) is 0 Å². The van der Waals surface area contributed by atoms with Crippen LogP contribution in [0.15, 0.2) is 12.4 Å². The molecule has 0 bridgehead atoms. The second-order valence-electron chi connectivity index (χ2n) is 5.32. The van der Waals surface area contributed by atoms with E-state index >= 15 is 0 Å². The lowest BCUT2D eigenvalue weighted by Crippen LogP contribution is -2.16. The third-order valence-electron chi connectivity index (χ3n) is 2.48. The van der Waals surface area contributed by atoms with E-state index in [2.05, 4.69) is 46.4 Å². The van der Waals surface area contributed by atoms with Crippen LogP contribution in [0.2, 0.25) is 19.6 Å². The van der Waals surface area contributed by atoms with Crippen LogP contribution in [0.1, 0.15) is 11.4 Å². The molecule has 0 aliphatic heterocycles. The van der Waals surface area contributed by atoms with Crippen molar-refractivity contribution in [2.45, 2.75) is 26.6 Å². The number of nitrogens with zero attached hydrogens (tertiary/aromatic N) is 3. The lowest BCUT2D eigenvalue weighted by Gasteiger charge is -2.06. The molecule has 0 unspecified atom stereocenters. The van der Waals surface area contributed by atoms with Gasteiger partial charge >= 0.3 is 0 Å². The summed E-state index contributed by atoms with van der Waals surface area (Å²) in [5.74, 6) is 3.95. The molecule has 0 atom stereocenters. The Labute approximate surface area is 108 Å². The maximum atomic E-state index is 4.49. The van der Waals surface area contributed by atoms with E-state index in [1.165, 1.54) is 0 Å². The fourth-order valence-electron chi connectivity index (χ4n) is 1.59. The number of nitrogens with one attached hydrogen (secondary N) is 1. The number of hydrogen-bond donors (Lipinski definition) is 1. The van der Waals surface area contributed by atoms with Gasteiger partial charge in [0, 0.05) is 25.1 Å². The average molecular weight is 258 g/mol. The molecule has 0 aromatic carbocycles. The fraction of sp³-hybridized carbons (Fsp3) is 0.385. The molecule has 5 heteroatoms. The minimum absolute atomic E-state index is 0.769. The summed E-state index contributed by atoms with van der Waals surface area (Å²) in [5.41, 5.74) is 6.04. The highest BCUT2D eigenvalue weighted by Gasteiger charge is 2.10. The van der Waals surface area contributed by atoms with Gasteiger partial charge in [-0.1, -0.05) is 25.6 Å². The monoisotopic (exact) mass is 258 g/mol. The molecule has 0 spiro atoms. The Morgan fingerprint density at radius 3 is 2.67 bits per heavy atom. The first-order valence-electron chi connectivity index (χ1n) is 5.96. The average Bonchev–Trinajstić information content (AvgIpc) is 2.67. The minimum atomic E-state index is -1.38. The predicted molar refractivity (Wildman–Crippen MR) is 77.5 cm³/mol. The van der Waals surface area contributed by atoms with E-state index in [1.54, 1.807) is 0 Å². The van der Waals surface area contributed by atoms with Crippen molar-refractivity contribution >= 4 is 19.5 Å². The highest BCUT2D eigenvalue weighted by Crippen LogP contribution is 2.15. The predicted octanol–water partition coefficient (Wildman–Crippen LogP) is 2.31. The number of imidazole rings is 1. The Kier molecular flexibility index (Phi) is 3.14. The molecule has 0 aliphatic carbocycles. The van der Waals surface area contributed by atoms with Crippen molar-refractivity contribution in [1.82, 2.24) is 14.4 Å². The summed E-state index contributed by atoms with van der Waals surface area (Å²) in [6, 6.07) is 0. The normalized spacial score (nSPS) is 11.2. The highest BCUT2D eigenvalue weighted by atomic mass is 28.3. The van der Waals surface area contributed by atoms with E-state index in [1.807, 2.05) is 30.8 Å². The zero-order valence-corrected chi connectivity index (χ0v) is 12.5. The van der Waals surface area contributed by atoms with E-state index in [4.69, 9.17) is 0 Å². The highest BCUT2D eigenvalue weighted by molar-refractivity contribution is 6.83. The van der Waals surface area contributed by atoms with Crippen molar-refractivity contribution in [3.05, 3.63) is 23.8 Å². The van der Waals surface area contributed by atoms with Gasteiger partial charge in [0.05, 0.1) is 0 Å². The van der Waals surface area contributed by atoms with Crippen LogP contribution >= 0.6 is 0 Å². The Morgan fingerprint density at radius 1 is 1.33 bits per heavy atom. The molecule has 0 saturated heterocycles. The van der Waals surface area contributed by atoms with Crippen molar-refractivity contribution in [2.75, 3.05) is 12.4 Å². The van der Waals surface area contributed by atoms with Gasteiger partial charge in [-0.2, -0.15) is 0 Å². The second kappa shape index (κ2) is 4.46. The van der Waals surface area contributed by atoms with Crippen molar-refractivity contribution in [1.29, 1.82) is 0 Å². The van der Waals surface area contributed by atoms with Crippen molar-refractivity contribution in [3.63, 3.8) is 0 Å². The van der Waals surface area contributed by atoms with Crippen molar-refractivity contribution in [3.8, 4) is 11.5 Å². The number of fused-ring (bicyclic) bond motifs is 1. The molecule has 0 fully saturated rings. The standard InChI is InChI=1S/C13H18N4Si/c1-10-8-15-13-12(14-2)16-11(9-17(10)13)6-7-18(3,4)5/h8-9H,1-5H3,(H,14,16). The topological polar surface area (TPSA) is 42.2 Å². The van der Waals surface area contributed by atoms with Crippen LogP contribution in [0.4, 0.5) is 5.82 Å². The first kappa shape index (κ1) is 12.6. The third kappa shape index (κ3) is 2.54.